The average molecular weight is 430 g/mol. The van der Waals surface area contributed by atoms with E-state index < -0.39 is 47.7 Å². The quantitative estimate of drug-likeness (QED) is 0.274. The maximum Gasteiger partial charge on any atom is 0.321 e. The Bertz CT molecular complexity index is 774. The predicted octanol–water partition coefficient (Wildman–Crippen LogP) is 2.33. The van der Waals surface area contributed by atoms with Gasteiger partial charge in [-0.05, 0) is 12.8 Å². The van der Waals surface area contributed by atoms with Gasteiger partial charge < -0.3 is 10.6 Å². The van der Waals surface area contributed by atoms with Crippen molar-refractivity contribution >= 4 is 24.0 Å². The Morgan fingerprint density at radius 2 is 0.967 bits per heavy atom. The second-order valence-electron chi connectivity index (χ2n) is 5.85. The molecule has 0 aliphatic carbocycles. The smallest absolute Gasteiger partial charge is 0.321 e. The van der Waals surface area contributed by atoms with Crippen LogP contribution in [0.4, 0.5) is 39.0 Å². The van der Waals surface area contributed by atoms with Crippen LogP contribution in [0.2, 0.25) is 0 Å². The van der Waals surface area contributed by atoms with E-state index in [1.165, 1.54) is 0 Å². The molecule has 0 spiro atoms. The van der Waals surface area contributed by atoms with Crippen molar-refractivity contribution in [2.24, 2.45) is 0 Å². The Morgan fingerprint density at radius 1 is 0.633 bits per heavy atom. The first-order valence-corrected chi connectivity index (χ1v) is 8.81. The van der Waals surface area contributed by atoms with Crippen molar-refractivity contribution in [3.05, 3.63) is 35.9 Å². The summed E-state index contributed by atoms with van der Waals surface area (Å²) in [6, 6.07) is -0.434. The van der Waals surface area contributed by atoms with Crippen LogP contribution >= 0.6 is 0 Å². The molecule has 0 atom stereocenters. The second kappa shape index (κ2) is 11.4. The van der Waals surface area contributed by atoms with Crippen LogP contribution in [0, 0.1) is 23.8 Å². The van der Waals surface area contributed by atoms with Crippen molar-refractivity contribution in [2.75, 3.05) is 23.7 Å². The average Bonchev–Trinajstić information content (AvgIpc) is 2.62. The van der Waals surface area contributed by atoms with Gasteiger partial charge in [-0.25, -0.2) is 9.59 Å². The van der Waals surface area contributed by atoms with Gasteiger partial charge in [0.15, 0.2) is 0 Å². The van der Waals surface area contributed by atoms with Gasteiger partial charge in [-0.3, -0.25) is 10.6 Å². The Kier molecular flexibility index (Phi) is 8.65. The van der Waals surface area contributed by atoms with Crippen molar-refractivity contribution in [1.29, 1.82) is 0 Å². The highest BCUT2D eigenvalue weighted by atomic mass is 19.1. The lowest BCUT2D eigenvalue weighted by molar-refractivity contribution is 0.250. The van der Waals surface area contributed by atoms with Crippen molar-refractivity contribution in [2.45, 2.75) is 25.7 Å². The van der Waals surface area contributed by atoms with Crippen molar-refractivity contribution in [3.63, 3.8) is 0 Å². The first-order chi connectivity index (χ1) is 14.3. The molecule has 0 radical (unpaired) electrons. The maximum atomic E-state index is 12.9. The minimum Gasteiger partial charge on any atom is -0.338 e. The highest BCUT2D eigenvalue weighted by Crippen LogP contribution is 2.04. The molecule has 0 saturated carbocycles. The second-order valence-corrected chi connectivity index (χ2v) is 5.85. The fourth-order valence-electron chi connectivity index (χ4n) is 2.19. The number of hydrogen-bond acceptors (Lipinski definition) is 6. The molecule has 0 aliphatic rings. The van der Waals surface area contributed by atoms with Gasteiger partial charge in [0.25, 0.3) is 0 Å². The molecule has 2 heterocycles. The van der Waals surface area contributed by atoms with E-state index in [0.717, 1.165) is 12.8 Å². The van der Waals surface area contributed by atoms with E-state index in [1.807, 2.05) is 0 Å². The standard InChI is InChI=1S/C16H18F4N8O2/c17-9-7-10(18)24-13(23-9)27-15(29)21-5-3-1-2-4-6-22-16(30)28-14-25-11(19)8-12(20)26-14/h7-8H,1-6H2,(H2,21,23,24,27,29)(H2,22,25,26,28,30). The molecular formula is C16H18F4N8O2. The molecule has 0 fully saturated rings. The van der Waals surface area contributed by atoms with Gasteiger partial charge in [0, 0.05) is 25.2 Å². The molecule has 4 amide bonds. The molecule has 10 nitrogen and oxygen atoms in total. The Balaban J connectivity index is 1.51. The van der Waals surface area contributed by atoms with Crippen molar-refractivity contribution in [1.82, 2.24) is 30.6 Å². The van der Waals surface area contributed by atoms with Crippen LogP contribution in [0.3, 0.4) is 0 Å². The third kappa shape index (κ3) is 8.62. The van der Waals surface area contributed by atoms with Crippen molar-refractivity contribution in [3.8, 4) is 0 Å². The zero-order valence-electron chi connectivity index (χ0n) is 15.5. The van der Waals surface area contributed by atoms with Gasteiger partial charge in [0.1, 0.15) is 0 Å². The molecule has 0 bridgehead atoms. The maximum absolute atomic E-state index is 12.9. The number of carbonyl (C=O) groups is 2. The van der Waals surface area contributed by atoms with E-state index in [2.05, 4.69) is 41.2 Å². The summed E-state index contributed by atoms with van der Waals surface area (Å²) in [4.78, 5) is 36.1. The number of amides is 4. The first kappa shape index (κ1) is 22.7. The lowest BCUT2D eigenvalue weighted by atomic mass is 10.2. The highest BCUT2D eigenvalue weighted by Gasteiger charge is 2.08. The molecule has 4 N–H and O–H groups in total. The van der Waals surface area contributed by atoms with E-state index in [1.54, 1.807) is 0 Å². The summed E-state index contributed by atoms with van der Waals surface area (Å²) in [7, 11) is 0. The number of urea groups is 2. The zero-order chi connectivity index (χ0) is 21.9. The molecule has 0 unspecified atom stereocenters. The molecule has 2 aromatic heterocycles. The van der Waals surface area contributed by atoms with E-state index in [4.69, 9.17) is 0 Å². The third-order valence-electron chi connectivity index (χ3n) is 3.45. The summed E-state index contributed by atoms with van der Waals surface area (Å²) in [5.41, 5.74) is 0. The highest BCUT2D eigenvalue weighted by molar-refractivity contribution is 5.87. The molecule has 162 valence electrons. The number of unbranched alkanes of at least 4 members (excludes halogenated alkanes) is 3. The van der Waals surface area contributed by atoms with E-state index >= 15 is 0 Å². The molecular weight excluding hydrogens is 412 g/mol. The zero-order valence-corrected chi connectivity index (χ0v) is 15.5. The van der Waals surface area contributed by atoms with Crippen LogP contribution in [-0.2, 0) is 0 Å². The first-order valence-electron chi connectivity index (χ1n) is 8.81. The number of nitrogens with zero attached hydrogens (tertiary/aromatic N) is 4. The minimum absolute atomic E-state index is 0.306. The number of halogens is 4. The van der Waals surface area contributed by atoms with Gasteiger partial charge in [-0.1, -0.05) is 12.8 Å². The lowest BCUT2D eigenvalue weighted by Crippen LogP contribution is -2.31. The fraction of sp³-hybridized carbons (Fsp3) is 0.375. The number of carbonyl (C=O) groups excluding carboxylic acids is 2. The number of anilines is 2. The summed E-state index contributed by atoms with van der Waals surface area (Å²) in [6.45, 7) is 0.611. The Hall–Kier alpha value is -3.58. The van der Waals surface area contributed by atoms with Crippen molar-refractivity contribution < 1.29 is 27.2 Å². The van der Waals surface area contributed by atoms with E-state index in [0.29, 0.717) is 38.1 Å². The largest absolute Gasteiger partial charge is 0.338 e. The molecule has 0 saturated heterocycles. The van der Waals surface area contributed by atoms with Crippen LogP contribution < -0.4 is 21.3 Å². The lowest BCUT2D eigenvalue weighted by Gasteiger charge is -2.07. The predicted molar refractivity (Wildman–Crippen MR) is 96.4 cm³/mol. The monoisotopic (exact) mass is 430 g/mol. The third-order valence-corrected chi connectivity index (χ3v) is 3.45. The topological polar surface area (TPSA) is 134 Å². The van der Waals surface area contributed by atoms with Crippen LogP contribution in [-0.4, -0.2) is 45.1 Å². The van der Waals surface area contributed by atoms with Crippen LogP contribution in [0.1, 0.15) is 25.7 Å². The number of nitrogens with one attached hydrogen (secondary N) is 4. The summed E-state index contributed by atoms with van der Waals surface area (Å²) in [5, 5.41) is 9.19. The number of hydrogen-bond donors (Lipinski definition) is 4. The van der Waals surface area contributed by atoms with Crippen LogP contribution in [0.5, 0.6) is 0 Å². The molecule has 2 rings (SSSR count). The molecule has 0 aromatic carbocycles. The molecule has 2 aromatic rings. The minimum atomic E-state index is -1.10. The Labute approximate surface area is 167 Å². The van der Waals surface area contributed by atoms with Crippen LogP contribution in [0.25, 0.3) is 0 Å². The number of rotatable bonds is 9. The Morgan fingerprint density at radius 3 is 1.30 bits per heavy atom. The summed E-state index contributed by atoms with van der Waals surface area (Å²) >= 11 is 0. The van der Waals surface area contributed by atoms with Crippen LogP contribution in [0.15, 0.2) is 12.1 Å². The van der Waals surface area contributed by atoms with Gasteiger partial charge in [0.05, 0.1) is 0 Å². The molecule has 0 aliphatic heterocycles. The van der Waals surface area contributed by atoms with Gasteiger partial charge >= 0.3 is 12.1 Å². The summed E-state index contributed by atoms with van der Waals surface area (Å²) in [6.07, 6.45) is 2.70. The summed E-state index contributed by atoms with van der Waals surface area (Å²) < 4.78 is 51.6. The molecule has 14 heteroatoms. The normalized spacial score (nSPS) is 10.4. The summed E-state index contributed by atoms with van der Waals surface area (Å²) in [5.74, 6) is -5.38. The SMILES string of the molecule is O=C(NCCCCCCNC(=O)Nc1nc(F)cc(F)n1)Nc1nc(F)cc(F)n1. The van der Waals surface area contributed by atoms with Gasteiger partial charge in [-0.15, -0.1) is 0 Å². The van der Waals surface area contributed by atoms with Gasteiger partial charge in [0.2, 0.25) is 35.7 Å². The van der Waals surface area contributed by atoms with Gasteiger partial charge in [-0.2, -0.15) is 37.5 Å². The number of aromatic nitrogens is 4. The fourth-order valence-corrected chi connectivity index (χ4v) is 2.19. The van der Waals surface area contributed by atoms with E-state index in [9.17, 15) is 27.2 Å². The van der Waals surface area contributed by atoms with E-state index in [-0.39, 0.29) is 0 Å². The molecule has 30 heavy (non-hydrogen) atoms.